The lowest BCUT2D eigenvalue weighted by Gasteiger charge is -2.25. The van der Waals surface area contributed by atoms with Crippen LogP contribution in [-0.4, -0.2) is 28.0 Å². The van der Waals surface area contributed by atoms with Crippen molar-refractivity contribution >= 4 is 34.0 Å². The molecule has 0 aliphatic carbocycles. The lowest BCUT2D eigenvalue weighted by molar-refractivity contribution is -0.132. The van der Waals surface area contributed by atoms with E-state index in [4.69, 9.17) is 4.74 Å². The predicted octanol–water partition coefficient (Wildman–Crippen LogP) is 5.84. The Kier molecular flexibility index (Phi) is 6.10. The minimum Gasteiger partial charge on any atom is -0.507 e. The Morgan fingerprint density at radius 2 is 1.61 bits per heavy atom. The molecule has 6 nitrogen and oxygen atoms in total. The molecule has 1 fully saturated rings. The first-order valence-electron chi connectivity index (χ1n) is 12.0. The molecule has 5 rings (SSSR count). The van der Waals surface area contributed by atoms with Gasteiger partial charge in [-0.05, 0) is 48.4 Å². The molecule has 0 spiro atoms. The van der Waals surface area contributed by atoms with Gasteiger partial charge in [-0.15, -0.1) is 0 Å². The van der Waals surface area contributed by atoms with Gasteiger partial charge in [0, 0.05) is 41.0 Å². The van der Waals surface area contributed by atoms with Crippen LogP contribution in [-0.2, 0) is 16.6 Å². The van der Waals surface area contributed by atoms with Gasteiger partial charge < -0.3 is 14.4 Å². The highest BCUT2D eigenvalue weighted by Gasteiger charge is 2.47. The fourth-order valence-corrected chi connectivity index (χ4v) is 4.70. The lowest BCUT2D eigenvalue weighted by Crippen LogP contribution is -2.29. The van der Waals surface area contributed by atoms with Crippen LogP contribution < -0.4 is 9.64 Å². The molecule has 1 atom stereocenters. The molecule has 0 radical (unpaired) electrons. The summed E-state index contributed by atoms with van der Waals surface area (Å²) in [5, 5.41) is 12.3. The molecule has 1 N–H and O–H groups in total. The smallest absolute Gasteiger partial charge is 0.300 e. The van der Waals surface area contributed by atoms with Crippen molar-refractivity contribution in [1.82, 2.24) is 4.57 Å². The standard InChI is InChI=1S/C30H28N2O4/c1-19(2)18-36-22-15-13-20(14-16-22)28(33)26-27(24-17-31(3)25-12-8-7-11-23(24)25)32(30(35)29(26)34)21-9-5-4-6-10-21/h4-17,19,27,33H,18H2,1-3H3/b28-26+. The zero-order valence-electron chi connectivity index (χ0n) is 20.5. The monoisotopic (exact) mass is 480 g/mol. The van der Waals surface area contributed by atoms with Gasteiger partial charge in [-0.3, -0.25) is 14.5 Å². The maximum Gasteiger partial charge on any atom is 0.300 e. The van der Waals surface area contributed by atoms with E-state index in [1.165, 1.54) is 4.90 Å². The molecule has 36 heavy (non-hydrogen) atoms. The SMILES string of the molecule is CC(C)COc1ccc(/C(O)=C2\C(=O)C(=O)N(c3ccccc3)C2c2cn(C)c3ccccc23)cc1. The Labute approximate surface area is 210 Å². The van der Waals surface area contributed by atoms with Crippen molar-refractivity contribution in [2.75, 3.05) is 11.5 Å². The molecule has 3 aromatic carbocycles. The Bertz CT molecular complexity index is 1470. The number of carbonyl (C=O) groups is 2. The number of rotatable bonds is 6. The van der Waals surface area contributed by atoms with E-state index in [-0.39, 0.29) is 11.3 Å². The van der Waals surface area contributed by atoms with Gasteiger partial charge in [0.15, 0.2) is 0 Å². The van der Waals surface area contributed by atoms with Gasteiger partial charge in [-0.1, -0.05) is 50.2 Å². The number of hydrogen-bond donors (Lipinski definition) is 1. The number of amides is 1. The lowest BCUT2D eigenvalue weighted by atomic mass is 9.94. The van der Waals surface area contributed by atoms with Crippen molar-refractivity contribution in [2.45, 2.75) is 19.9 Å². The second-order valence-electron chi connectivity index (χ2n) is 9.45. The highest BCUT2D eigenvalue weighted by molar-refractivity contribution is 6.51. The predicted molar refractivity (Wildman–Crippen MR) is 141 cm³/mol. The van der Waals surface area contributed by atoms with E-state index < -0.39 is 17.7 Å². The van der Waals surface area contributed by atoms with Gasteiger partial charge in [-0.2, -0.15) is 0 Å². The van der Waals surface area contributed by atoms with Gasteiger partial charge in [-0.25, -0.2) is 0 Å². The molecule has 1 amide bonds. The van der Waals surface area contributed by atoms with Crippen molar-refractivity contribution in [2.24, 2.45) is 13.0 Å². The molecular weight excluding hydrogens is 452 g/mol. The maximum atomic E-state index is 13.4. The zero-order chi connectivity index (χ0) is 25.4. The number of carbonyl (C=O) groups excluding carboxylic acids is 2. The number of Topliss-reactive ketones (excluding diaryl/α,β-unsaturated/α-hetero) is 1. The van der Waals surface area contributed by atoms with Crippen molar-refractivity contribution in [1.29, 1.82) is 0 Å². The van der Waals surface area contributed by atoms with Crippen LogP contribution in [0, 0.1) is 5.92 Å². The summed E-state index contributed by atoms with van der Waals surface area (Å²) in [5.41, 5.74) is 2.85. The Morgan fingerprint density at radius 1 is 0.944 bits per heavy atom. The highest BCUT2D eigenvalue weighted by Crippen LogP contribution is 2.44. The molecule has 0 saturated carbocycles. The molecule has 0 bridgehead atoms. The number of para-hydroxylation sites is 2. The third kappa shape index (κ3) is 4.05. The van der Waals surface area contributed by atoms with Crippen LogP contribution in [0.15, 0.2) is 90.6 Å². The molecule has 1 aliphatic rings. The number of nitrogens with zero attached hydrogens (tertiary/aromatic N) is 2. The summed E-state index contributed by atoms with van der Waals surface area (Å²) in [7, 11) is 1.93. The van der Waals surface area contributed by atoms with E-state index >= 15 is 0 Å². The minimum absolute atomic E-state index is 0.0658. The summed E-state index contributed by atoms with van der Waals surface area (Å²) < 4.78 is 7.72. The molecule has 182 valence electrons. The molecule has 1 aliphatic heterocycles. The molecular formula is C30H28N2O4. The summed E-state index contributed by atoms with van der Waals surface area (Å²) >= 11 is 0. The fraction of sp³-hybridized carbons (Fsp3) is 0.200. The van der Waals surface area contributed by atoms with E-state index in [0.717, 1.165) is 16.5 Å². The fourth-order valence-electron chi connectivity index (χ4n) is 4.70. The average Bonchev–Trinajstić information content (AvgIpc) is 3.36. The highest BCUT2D eigenvalue weighted by atomic mass is 16.5. The van der Waals surface area contributed by atoms with Crippen molar-refractivity contribution in [3.05, 3.63) is 102 Å². The van der Waals surface area contributed by atoms with Crippen molar-refractivity contribution < 1.29 is 19.4 Å². The number of aromatic nitrogens is 1. The van der Waals surface area contributed by atoms with Gasteiger partial charge in [0.05, 0.1) is 18.2 Å². The third-order valence-electron chi connectivity index (χ3n) is 6.41. The molecule has 6 heteroatoms. The van der Waals surface area contributed by atoms with Crippen LogP contribution in [0.25, 0.3) is 16.7 Å². The molecule has 1 unspecified atom stereocenters. The second-order valence-corrected chi connectivity index (χ2v) is 9.45. The largest absolute Gasteiger partial charge is 0.507 e. The first-order chi connectivity index (χ1) is 17.4. The van der Waals surface area contributed by atoms with E-state index in [1.807, 2.05) is 60.3 Å². The number of fused-ring (bicyclic) bond motifs is 1. The first-order valence-corrected chi connectivity index (χ1v) is 12.0. The number of anilines is 1. The number of ketones is 1. The van der Waals surface area contributed by atoms with Crippen LogP contribution in [0.4, 0.5) is 5.69 Å². The van der Waals surface area contributed by atoms with Gasteiger partial charge >= 0.3 is 0 Å². The van der Waals surface area contributed by atoms with E-state index in [0.29, 0.717) is 29.5 Å². The first kappa shape index (κ1) is 23.4. The molecule has 4 aromatic rings. The molecule has 2 heterocycles. The number of aliphatic hydroxyl groups excluding tert-OH is 1. The van der Waals surface area contributed by atoms with Crippen molar-refractivity contribution in [3.63, 3.8) is 0 Å². The number of aryl methyl sites for hydroxylation is 1. The quantitative estimate of drug-likeness (QED) is 0.214. The van der Waals surface area contributed by atoms with Gasteiger partial charge in [0.25, 0.3) is 11.7 Å². The van der Waals surface area contributed by atoms with Crippen molar-refractivity contribution in [3.8, 4) is 5.75 Å². The summed E-state index contributed by atoms with van der Waals surface area (Å²) in [4.78, 5) is 28.3. The Hall–Kier alpha value is -4.32. The topological polar surface area (TPSA) is 71.8 Å². The number of ether oxygens (including phenoxy) is 1. The summed E-state index contributed by atoms with van der Waals surface area (Å²) in [6.07, 6.45) is 1.92. The molecule has 1 saturated heterocycles. The van der Waals surface area contributed by atoms with Crippen LogP contribution >= 0.6 is 0 Å². The Balaban J connectivity index is 1.67. The summed E-state index contributed by atoms with van der Waals surface area (Å²) in [6, 6.07) is 23.1. The molecule has 1 aromatic heterocycles. The second kappa shape index (κ2) is 9.38. The van der Waals surface area contributed by atoms with Crippen LogP contribution in [0.1, 0.15) is 31.0 Å². The average molecular weight is 481 g/mol. The third-order valence-corrected chi connectivity index (χ3v) is 6.41. The number of benzene rings is 3. The Morgan fingerprint density at radius 3 is 2.31 bits per heavy atom. The van der Waals surface area contributed by atoms with Crippen LogP contribution in [0.5, 0.6) is 5.75 Å². The van der Waals surface area contributed by atoms with Gasteiger partial charge in [0.1, 0.15) is 11.5 Å². The van der Waals surface area contributed by atoms with Crippen LogP contribution in [0.3, 0.4) is 0 Å². The van der Waals surface area contributed by atoms with Crippen LogP contribution in [0.2, 0.25) is 0 Å². The summed E-state index contributed by atoms with van der Waals surface area (Å²) in [5.74, 6) is -0.532. The maximum absolute atomic E-state index is 13.4. The van der Waals surface area contributed by atoms with Gasteiger partial charge in [0.2, 0.25) is 0 Å². The number of hydrogen-bond acceptors (Lipinski definition) is 4. The number of aliphatic hydroxyl groups is 1. The van der Waals surface area contributed by atoms with E-state index in [2.05, 4.69) is 13.8 Å². The van der Waals surface area contributed by atoms with E-state index in [1.54, 1.807) is 36.4 Å². The van der Waals surface area contributed by atoms with E-state index in [9.17, 15) is 14.7 Å². The normalized spacial score (nSPS) is 17.3. The summed E-state index contributed by atoms with van der Waals surface area (Å²) in [6.45, 7) is 4.72. The zero-order valence-corrected chi connectivity index (χ0v) is 20.5. The minimum atomic E-state index is -0.782.